The molecule has 0 saturated carbocycles. The van der Waals surface area contributed by atoms with Crippen molar-refractivity contribution in [1.29, 1.82) is 0 Å². The van der Waals surface area contributed by atoms with E-state index in [1.807, 2.05) is 48.5 Å². The number of fused-ring (bicyclic) bond motifs is 3. The zero-order chi connectivity index (χ0) is 24.1. The maximum atomic E-state index is 12.7. The van der Waals surface area contributed by atoms with Gasteiger partial charge in [0, 0.05) is 18.5 Å². The van der Waals surface area contributed by atoms with Crippen molar-refractivity contribution in [3.05, 3.63) is 83.1 Å². The number of carbonyl (C=O) groups is 3. The maximum Gasteiger partial charge on any atom is 0.407 e. The fourth-order valence-electron chi connectivity index (χ4n) is 4.01. The lowest BCUT2D eigenvalue weighted by Gasteiger charge is -2.19. The predicted molar refractivity (Wildman–Crippen MR) is 127 cm³/mol. The molecule has 1 aliphatic rings. The molecule has 34 heavy (non-hydrogen) atoms. The lowest BCUT2D eigenvalue weighted by atomic mass is 9.98. The molecular formula is C25H22ClN3O5. The number of anilines is 1. The number of benzene rings is 2. The van der Waals surface area contributed by atoms with Crippen molar-refractivity contribution in [3.8, 4) is 11.1 Å². The van der Waals surface area contributed by atoms with Gasteiger partial charge in [-0.05, 0) is 34.7 Å². The van der Waals surface area contributed by atoms with E-state index < -0.39 is 24.0 Å². The van der Waals surface area contributed by atoms with Gasteiger partial charge in [0.15, 0.2) is 0 Å². The van der Waals surface area contributed by atoms with E-state index in [9.17, 15) is 14.4 Å². The van der Waals surface area contributed by atoms with Crippen LogP contribution in [-0.4, -0.2) is 40.7 Å². The minimum Gasteiger partial charge on any atom is -0.481 e. The van der Waals surface area contributed by atoms with Crippen molar-refractivity contribution in [2.75, 3.05) is 11.9 Å². The fraction of sp³-hybridized carbons (Fsp3) is 0.200. The number of pyridine rings is 1. The zero-order valence-electron chi connectivity index (χ0n) is 18.0. The topological polar surface area (TPSA) is 118 Å². The molecule has 1 unspecified atom stereocenters. The van der Waals surface area contributed by atoms with Crippen LogP contribution in [0.3, 0.4) is 0 Å². The number of amides is 2. The van der Waals surface area contributed by atoms with Gasteiger partial charge in [-0.2, -0.15) is 0 Å². The molecule has 0 saturated heterocycles. The smallest absolute Gasteiger partial charge is 0.407 e. The second kappa shape index (κ2) is 10.4. The normalized spacial score (nSPS) is 12.9. The Hall–Kier alpha value is -3.91. The summed E-state index contributed by atoms with van der Waals surface area (Å²) in [4.78, 5) is 40.3. The third-order valence-electron chi connectivity index (χ3n) is 5.62. The monoisotopic (exact) mass is 479 g/mol. The number of nitrogens with zero attached hydrogens (tertiary/aromatic N) is 1. The molecule has 0 radical (unpaired) electrons. The van der Waals surface area contributed by atoms with Gasteiger partial charge in [0.2, 0.25) is 5.91 Å². The summed E-state index contributed by atoms with van der Waals surface area (Å²) < 4.78 is 5.49. The SMILES string of the molecule is O=C(O)CCC(NC(=O)OCC1c2ccccc2-c2ccccc21)C(=O)Nc1cnccc1Cl. The summed E-state index contributed by atoms with van der Waals surface area (Å²) in [5.74, 6) is -1.85. The Bertz CT molecular complexity index is 1190. The molecule has 1 aromatic heterocycles. The third-order valence-corrected chi connectivity index (χ3v) is 5.95. The van der Waals surface area contributed by atoms with Crippen LogP contribution in [-0.2, 0) is 14.3 Å². The number of hydrogen-bond acceptors (Lipinski definition) is 5. The lowest BCUT2D eigenvalue weighted by molar-refractivity contribution is -0.137. The molecule has 0 fully saturated rings. The molecule has 3 aromatic rings. The van der Waals surface area contributed by atoms with E-state index in [0.29, 0.717) is 0 Å². The molecule has 1 heterocycles. The largest absolute Gasteiger partial charge is 0.481 e. The molecule has 0 bridgehead atoms. The van der Waals surface area contributed by atoms with E-state index >= 15 is 0 Å². The number of halogens is 1. The Kier molecular flexibility index (Phi) is 7.08. The first-order chi connectivity index (χ1) is 16.4. The van der Waals surface area contributed by atoms with Crippen LogP contribution in [0.4, 0.5) is 10.5 Å². The van der Waals surface area contributed by atoms with Gasteiger partial charge in [0.1, 0.15) is 12.6 Å². The van der Waals surface area contributed by atoms with E-state index in [2.05, 4.69) is 15.6 Å². The first-order valence-corrected chi connectivity index (χ1v) is 11.1. The van der Waals surface area contributed by atoms with Gasteiger partial charge in [-0.1, -0.05) is 60.1 Å². The number of carboxylic acids is 1. The van der Waals surface area contributed by atoms with Gasteiger partial charge < -0.3 is 20.5 Å². The Balaban J connectivity index is 1.43. The van der Waals surface area contributed by atoms with Gasteiger partial charge in [-0.3, -0.25) is 14.6 Å². The third kappa shape index (κ3) is 5.18. The van der Waals surface area contributed by atoms with Gasteiger partial charge >= 0.3 is 12.1 Å². The number of aliphatic carboxylic acids is 1. The highest BCUT2D eigenvalue weighted by Gasteiger charge is 2.30. The second-order valence-electron chi connectivity index (χ2n) is 7.80. The number of hydrogen-bond donors (Lipinski definition) is 3. The molecule has 1 atom stereocenters. The fourth-order valence-corrected chi connectivity index (χ4v) is 4.16. The predicted octanol–water partition coefficient (Wildman–Crippen LogP) is 4.45. The first kappa shape index (κ1) is 23.3. The number of rotatable bonds is 8. The molecule has 9 heteroatoms. The Morgan fingerprint density at radius 1 is 1.03 bits per heavy atom. The van der Waals surface area contributed by atoms with Crippen molar-refractivity contribution in [1.82, 2.24) is 10.3 Å². The van der Waals surface area contributed by atoms with Gasteiger partial charge in [-0.15, -0.1) is 0 Å². The van der Waals surface area contributed by atoms with Crippen molar-refractivity contribution in [3.63, 3.8) is 0 Å². The van der Waals surface area contributed by atoms with Crippen LogP contribution in [0.25, 0.3) is 11.1 Å². The minimum atomic E-state index is -1.14. The van der Waals surface area contributed by atoms with Crippen LogP contribution < -0.4 is 10.6 Å². The van der Waals surface area contributed by atoms with E-state index in [1.54, 1.807) is 0 Å². The average Bonchev–Trinajstić information content (AvgIpc) is 3.15. The number of carboxylic acid groups (broad SMARTS) is 1. The van der Waals surface area contributed by atoms with Crippen molar-refractivity contribution in [2.24, 2.45) is 0 Å². The second-order valence-corrected chi connectivity index (χ2v) is 8.21. The van der Waals surface area contributed by atoms with Crippen LogP contribution in [0.1, 0.15) is 29.9 Å². The zero-order valence-corrected chi connectivity index (χ0v) is 18.8. The van der Waals surface area contributed by atoms with Gasteiger partial charge in [-0.25, -0.2) is 4.79 Å². The maximum absolute atomic E-state index is 12.7. The van der Waals surface area contributed by atoms with E-state index in [4.69, 9.17) is 21.4 Å². The minimum absolute atomic E-state index is 0.0710. The Morgan fingerprint density at radius 3 is 2.29 bits per heavy atom. The van der Waals surface area contributed by atoms with Crippen LogP contribution >= 0.6 is 11.6 Å². The summed E-state index contributed by atoms with van der Waals surface area (Å²) in [6, 6.07) is 16.2. The van der Waals surface area contributed by atoms with Gasteiger partial charge in [0.05, 0.1) is 16.9 Å². The van der Waals surface area contributed by atoms with E-state index in [-0.39, 0.29) is 36.1 Å². The highest BCUT2D eigenvalue weighted by Crippen LogP contribution is 2.44. The Morgan fingerprint density at radius 2 is 1.68 bits per heavy atom. The summed E-state index contributed by atoms with van der Waals surface area (Å²) >= 11 is 6.05. The number of aromatic nitrogens is 1. The molecule has 2 amide bonds. The van der Waals surface area contributed by atoms with E-state index in [0.717, 1.165) is 22.3 Å². The van der Waals surface area contributed by atoms with Crippen LogP contribution in [0.5, 0.6) is 0 Å². The standard InChI is InChI=1S/C25H22ClN3O5/c26-20-11-12-27-13-22(20)28-24(32)21(9-10-23(30)31)29-25(33)34-14-19-17-7-3-1-5-15(17)16-6-2-4-8-18(16)19/h1-8,11-13,19,21H,9-10,14H2,(H,28,32)(H,29,33)(H,30,31). The van der Waals surface area contributed by atoms with E-state index in [1.165, 1.54) is 18.5 Å². The van der Waals surface area contributed by atoms with Crippen molar-refractivity contribution < 1.29 is 24.2 Å². The summed E-state index contributed by atoms with van der Waals surface area (Å²) in [5.41, 5.74) is 4.56. The number of alkyl carbamates (subject to hydrolysis) is 1. The number of nitrogens with one attached hydrogen (secondary N) is 2. The summed E-state index contributed by atoms with van der Waals surface area (Å²) in [5, 5.41) is 14.4. The molecule has 8 nitrogen and oxygen atoms in total. The highest BCUT2D eigenvalue weighted by atomic mass is 35.5. The number of carbonyl (C=O) groups excluding carboxylic acids is 2. The summed E-state index contributed by atoms with van der Waals surface area (Å²) in [6.45, 7) is 0.0710. The van der Waals surface area contributed by atoms with Crippen molar-refractivity contribution >= 4 is 35.3 Å². The van der Waals surface area contributed by atoms with Crippen LogP contribution in [0, 0.1) is 0 Å². The quantitative estimate of drug-likeness (QED) is 0.439. The lowest BCUT2D eigenvalue weighted by Crippen LogP contribution is -2.44. The molecule has 2 aromatic carbocycles. The molecule has 0 aliphatic heterocycles. The first-order valence-electron chi connectivity index (χ1n) is 10.7. The molecular weight excluding hydrogens is 458 g/mol. The average molecular weight is 480 g/mol. The van der Waals surface area contributed by atoms with Crippen LogP contribution in [0.2, 0.25) is 5.02 Å². The molecule has 174 valence electrons. The molecule has 4 rings (SSSR count). The number of ether oxygens (including phenoxy) is 1. The van der Waals surface area contributed by atoms with Gasteiger partial charge in [0.25, 0.3) is 0 Å². The molecule has 0 spiro atoms. The van der Waals surface area contributed by atoms with Crippen LogP contribution in [0.15, 0.2) is 67.0 Å². The highest BCUT2D eigenvalue weighted by molar-refractivity contribution is 6.33. The molecule has 3 N–H and O–H groups in total. The molecule has 1 aliphatic carbocycles. The Labute approximate surface area is 200 Å². The van der Waals surface area contributed by atoms with Crippen molar-refractivity contribution in [2.45, 2.75) is 24.8 Å². The summed E-state index contributed by atoms with van der Waals surface area (Å²) in [7, 11) is 0. The summed E-state index contributed by atoms with van der Waals surface area (Å²) in [6.07, 6.45) is 1.58.